The SMILES string of the molecule is CCCCCCCCCCCCCCCCOC(=O)C(N)Cc1cn(C(C)=O)c2ccccc12. The van der Waals surface area contributed by atoms with Crippen LogP contribution in [0, 0.1) is 0 Å². The molecule has 0 saturated carbocycles. The van der Waals surface area contributed by atoms with Crippen molar-refractivity contribution in [2.45, 2.75) is 116 Å². The van der Waals surface area contributed by atoms with E-state index in [4.69, 9.17) is 10.5 Å². The van der Waals surface area contributed by atoms with E-state index in [-0.39, 0.29) is 11.9 Å². The maximum absolute atomic E-state index is 12.3. The molecule has 1 heterocycles. The Hall–Kier alpha value is -2.14. The predicted octanol–water partition coefficient (Wildman–Crippen LogP) is 7.20. The van der Waals surface area contributed by atoms with Crippen molar-refractivity contribution in [1.29, 1.82) is 0 Å². The highest BCUT2D eigenvalue weighted by atomic mass is 16.5. The molecule has 0 amide bonds. The van der Waals surface area contributed by atoms with E-state index in [2.05, 4.69) is 6.92 Å². The van der Waals surface area contributed by atoms with Crippen molar-refractivity contribution in [2.75, 3.05) is 6.61 Å². The summed E-state index contributed by atoms with van der Waals surface area (Å²) in [5.41, 5.74) is 7.85. The number of rotatable bonds is 18. The summed E-state index contributed by atoms with van der Waals surface area (Å²) in [6.07, 6.45) is 20.3. The van der Waals surface area contributed by atoms with Crippen LogP contribution in [-0.4, -0.2) is 29.1 Å². The number of fused-ring (bicyclic) bond motifs is 1. The van der Waals surface area contributed by atoms with Gasteiger partial charge in [-0.3, -0.25) is 14.2 Å². The number of benzene rings is 1. The zero-order valence-electron chi connectivity index (χ0n) is 21.5. The highest BCUT2D eigenvalue weighted by Crippen LogP contribution is 2.22. The molecule has 5 heteroatoms. The molecule has 2 rings (SSSR count). The second-order valence-electron chi connectivity index (χ2n) is 9.63. The number of esters is 1. The Labute approximate surface area is 206 Å². The molecule has 5 nitrogen and oxygen atoms in total. The van der Waals surface area contributed by atoms with Crippen LogP contribution in [0.2, 0.25) is 0 Å². The average molecular weight is 471 g/mol. The van der Waals surface area contributed by atoms with Crippen molar-refractivity contribution >= 4 is 22.8 Å². The monoisotopic (exact) mass is 470 g/mol. The van der Waals surface area contributed by atoms with Gasteiger partial charge in [-0.15, -0.1) is 0 Å². The Morgan fingerprint density at radius 2 is 1.38 bits per heavy atom. The molecule has 0 aliphatic carbocycles. The summed E-state index contributed by atoms with van der Waals surface area (Å²) in [6.45, 7) is 4.23. The first-order valence-corrected chi connectivity index (χ1v) is 13.6. The van der Waals surface area contributed by atoms with Crippen molar-refractivity contribution in [3.63, 3.8) is 0 Å². The molecular weight excluding hydrogens is 424 g/mol. The lowest BCUT2D eigenvalue weighted by atomic mass is 10.0. The van der Waals surface area contributed by atoms with E-state index >= 15 is 0 Å². The quantitative estimate of drug-likeness (QED) is 0.185. The number of carbonyl (C=O) groups is 2. The lowest BCUT2D eigenvalue weighted by molar-refractivity contribution is -0.145. The maximum atomic E-state index is 12.3. The molecule has 0 radical (unpaired) electrons. The van der Waals surface area contributed by atoms with E-state index in [0.29, 0.717) is 13.0 Å². The lowest BCUT2D eigenvalue weighted by Gasteiger charge is -2.11. The van der Waals surface area contributed by atoms with Gasteiger partial charge in [-0.25, -0.2) is 0 Å². The minimum Gasteiger partial charge on any atom is -0.465 e. The zero-order chi connectivity index (χ0) is 24.6. The molecule has 2 aromatic rings. The van der Waals surface area contributed by atoms with Crippen molar-refractivity contribution in [2.24, 2.45) is 5.73 Å². The fourth-order valence-corrected chi connectivity index (χ4v) is 4.57. The van der Waals surface area contributed by atoms with Crippen LogP contribution in [0.15, 0.2) is 30.5 Å². The van der Waals surface area contributed by atoms with E-state index in [1.54, 1.807) is 10.8 Å². The molecule has 0 aliphatic rings. The van der Waals surface area contributed by atoms with Gasteiger partial charge < -0.3 is 10.5 Å². The van der Waals surface area contributed by atoms with Gasteiger partial charge in [0, 0.05) is 24.9 Å². The number of hydrogen-bond donors (Lipinski definition) is 1. The molecule has 0 fully saturated rings. The van der Waals surface area contributed by atoms with Gasteiger partial charge in [-0.2, -0.15) is 0 Å². The van der Waals surface area contributed by atoms with Gasteiger partial charge in [0.1, 0.15) is 6.04 Å². The van der Waals surface area contributed by atoms with Crippen LogP contribution in [0.4, 0.5) is 0 Å². The molecule has 2 N–H and O–H groups in total. The first kappa shape index (κ1) is 28.1. The summed E-state index contributed by atoms with van der Waals surface area (Å²) in [5, 5.41) is 0.952. The number of hydrogen-bond acceptors (Lipinski definition) is 4. The first-order chi connectivity index (χ1) is 16.5. The largest absolute Gasteiger partial charge is 0.465 e. The van der Waals surface area contributed by atoms with Crippen LogP contribution < -0.4 is 5.73 Å². The van der Waals surface area contributed by atoms with Crippen molar-refractivity contribution < 1.29 is 14.3 Å². The number of ether oxygens (including phenoxy) is 1. The van der Waals surface area contributed by atoms with Crippen molar-refractivity contribution in [3.8, 4) is 0 Å². The Balaban J connectivity index is 1.52. The molecule has 0 saturated heterocycles. The fraction of sp³-hybridized carbons (Fsp3) is 0.655. The van der Waals surface area contributed by atoms with E-state index in [1.165, 1.54) is 84.0 Å². The van der Waals surface area contributed by atoms with Gasteiger partial charge in [0.15, 0.2) is 0 Å². The third kappa shape index (κ3) is 10.0. The van der Waals surface area contributed by atoms with E-state index in [1.807, 2.05) is 24.3 Å². The zero-order valence-corrected chi connectivity index (χ0v) is 21.5. The summed E-state index contributed by atoms with van der Waals surface area (Å²) in [6, 6.07) is 6.96. The Morgan fingerprint density at radius 1 is 0.853 bits per heavy atom. The Kier molecular flexibility index (Phi) is 13.6. The van der Waals surface area contributed by atoms with E-state index < -0.39 is 6.04 Å². The first-order valence-electron chi connectivity index (χ1n) is 13.6. The summed E-state index contributed by atoms with van der Waals surface area (Å²) < 4.78 is 7.02. The van der Waals surface area contributed by atoms with E-state index in [9.17, 15) is 9.59 Å². The highest BCUT2D eigenvalue weighted by Gasteiger charge is 2.19. The molecule has 1 aromatic carbocycles. The number of nitrogens with two attached hydrogens (primary N) is 1. The molecule has 1 aromatic heterocycles. The standard InChI is InChI=1S/C29H46N2O3/c1-3-4-5-6-7-8-9-10-11-12-13-14-15-18-21-34-29(33)27(30)22-25-23-31(24(2)32)28-20-17-16-19-26(25)28/h16-17,19-20,23,27H,3-15,18,21-22,30H2,1-2H3. The van der Waals surface area contributed by atoms with Crippen molar-refractivity contribution in [1.82, 2.24) is 4.57 Å². The predicted molar refractivity (Wildman–Crippen MR) is 141 cm³/mol. The van der Waals surface area contributed by atoms with Gasteiger partial charge in [-0.05, 0) is 18.1 Å². The smallest absolute Gasteiger partial charge is 0.323 e. The van der Waals surface area contributed by atoms with Gasteiger partial charge in [0.25, 0.3) is 0 Å². The summed E-state index contributed by atoms with van der Waals surface area (Å²) in [5.74, 6) is -0.425. The van der Waals surface area contributed by atoms with Gasteiger partial charge >= 0.3 is 5.97 Å². The maximum Gasteiger partial charge on any atom is 0.323 e. The molecule has 34 heavy (non-hydrogen) atoms. The molecule has 1 unspecified atom stereocenters. The number of para-hydroxylation sites is 1. The topological polar surface area (TPSA) is 74.3 Å². The van der Waals surface area contributed by atoms with Crippen LogP contribution in [0.25, 0.3) is 10.9 Å². The summed E-state index contributed by atoms with van der Waals surface area (Å²) in [7, 11) is 0. The highest BCUT2D eigenvalue weighted by molar-refractivity contribution is 5.94. The van der Waals surface area contributed by atoms with Crippen molar-refractivity contribution in [3.05, 3.63) is 36.0 Å². The van der Waals surface area contributed by atoms with Crippen LogP contribution in [0.5, 0.6) is 0 Å². The summed E-state index contributed by atoms with van der Waals surface area (Å²) >= 11 is 0. The van der Waals surface area contributed by atoms with Crippen LogP contribution >= 0.6 is 0 Å². The van der Waals surface area contributed by atoms with Gasteiger partial charge in [0.2, 0.25) is 5.91 Å². The second kappa shape index (κ2) is 16.5. The third-order valence-electron chi connectivity index (χ3n) is 6.62. The molecule has 0 aliphatic heterocycles. The van der Waals surface area contributed by atoms with Crippen LogP contribution in [0.3, 0.4) is 0 Å². The van der Waals surface area contributed by atoms with Gasteiger partial charge in [0.05, 0.1) is 12.1 Å². The number of carbonyl (C=O) groups excluding carboxylic acids is 2. The molecule has 190 valence electrons. The average Bonchev–Trinajstić information content (AvgIpc) is 3.20. The lowest BCUT2D eigenvalue weighted by Crippen LogP contribution is -2.34. The minimum absolute atomic E-state index is 0.0589. The number of aromatic nitrogens is 1. The number of unbranched alkanes of at least 4 members (excludes halogenated alkanes) is 13. The molecular formula is C29H46N2O3. The fourth-order valence-electron chi connectivity index (χ4n) is 4.57. The number of nitrogens with zero attached hydrogens (tertiary/aromatic N) is 1. The van der Waals surface area contributed by atoms with Crippen LogP contribution in [0.1, 0.15) is 114 Å². The van der Waals surface area contributed by atoms with E-state index in [0.717, 1.165) is 29.3 Å². The Bertz CT molecular complexity index is 858. The second-order valence-corrected chi connectivity index (χ2v) is 9.63. The van der Waals surface area contributed by atoms with Crippen LogP contribution in [-0.2, 0) is 16.0 Å². The third-order valence-corrected chi connectivity index (χ3v) is 6.62. The summed E-state index contributed by atoms with van der Waals surface area (Å²) in [4.78, 5) is 24.2. The minimum atomic E-state index is -0.724. The van der Waals surface area contributed by atoms with Gasteiger partial charge in [-0.1, -0.05) is 109 Å². The normalized spacial score (nSPS) is 12.2. The molecule has 0 bridgehead atoms. The molecule has 0 spiro atoms. The molecule has 1 atom stereocenters. The Morgan fingerprint density at radius 3 is 1.94 bits per heavy atom.